The zero-order chi connectivity index (χ0) is 12.8. The highest BCUT2D eigenvalue weighted by molar-refractivity contribution is 5.27. The Balaban J connectivity index is 1.86. The van der Waals surface area contributed by atoms with Gasteiger partial charge in [0.05, 0.1) is 0 Å². The van der Waals surface area contributed by atoms with E-state index in [1.54, 1.807) is 0 Å². The van der Waals surface area contributed by atoms with E-state index < -0.39 is 0 Å². The van der Waals surface area contributed by atoms with Crippen LogP contribution in [0.1, 0.15) is 23.9 Å². The number of benzene rings is 1. The van der Waals surface area contributed by atoms with E-state index in [9.17, 15) is 0 Å². The quantitative estimate of drug-likeness (QED) is 0.851. The van der Waals surface area contributed by atoms with Gasteiger partial charge in [-0.1, -0.05) is 24.2 Å². The van der Waals surface area contributed by atoms with Crippen molar-refractivity contribution >= 4 is 0 Å². The van der Waals surface area contributed by atoms with Gasteiger partial charge in [-0.05, 0) is 31.2 Å². The van der Waals surface area contributed by atoms with Gasteiger partial charge in [-0.15, -0.1) is 0 Å². The third-order valence-electron chi connectivity index (χ3n) is 2.57. The Morgan fingerprint density at radius 2 is 2.06 bits per heavy atom. The van der Waals surface area contributed by atoms with Gasteiger partial charge in [0.1, 0.15) is 23.8 Å². The molecular formula is C14H18N2O2. The molecule has 0 spiro atoms. The second-order valence-corrected chi connectivity index (χ2v) is 4.14. The van der Waals surface area contributed by atoms with Crippen molar-refractivity contribution in [2.45, 2.75) is 27.0 Å². The van der Waals surface area contributed by atoms with E-state index in [2.05, 4.69) is 29.5 Å². The summed E-state index contributed by atoms with van der Waals surface area (Å²) in [7, 11) is 0. The van der Waals surface area contributed by atoms with Crippen LogP contribution in [0.15, 0.2) is 34.9 Å². The molecule has 0 atom stereocenters. The SMILES string of the molecule is CCNCc1ccc(OCc2cc(C)on2)cc1. The number of nitrogens with zero attached hydrogens (tertiary/aromatic N) is 1. The first-order chi connectivity index (χ1) is 8.78. The first-order valence-electron chi connectivity index (χ1n) is 6.12. The van der Waals surface area contributed by atoms with E-state index in [0.29, 0.717) is 6.61 Å². The molecular weight excluding hydrogens is 228 g/mol. The van der Waals surface area contributed by atoms with E-state index in [1.165, 1.54) is 5.56 Å². The summed E-state index contributed by atoms with van der Waals surface area (Å²) >= 11 is 0. The van der Waals surface area contributed by atoms with Gasteiger partial charge >= 0.3 is 0 Å². The lowest BCUT2D eigenvalue weighted by Gasteiger charge is -2.06. The number of nitrogens with one attached hydrogen (secondary N) is 1. The standard InChI is InChI=1S/C14H18N2O2/c1-3-15-9-12-4-6-14(7-5-12)17-10-13-8-11(2)18-16-13/h4-8,15H,3,9-10H2,1-2H3. The van der Waals surface area contributed by atoms with Gasteiger partial charge in [0.15, 0.2) is 0 Å². The number of hydrogen-bond acceptors (Lipinski definition) is 4. The number of ether oxygens (including phenoxy) is 1. The molecule has 0 aliphatic rings. The minimum Gasteiger partial charge on any atom is -0.487 e. The number of aryl methyl sites for hydroxylation is 1. The molecule has 1 aromatic heterocycles. The van der Waals surface area contributed by atoms with Crippen molar-refractivity contribution in [1.29, 1.82) is 0 Å². The van der Waals surface area contributed by atoms with Crippen LogP contribution in [-0.4, -0.2) is 11.7 Å². The minimum atomic E-state index is 0.434. The van der Waals surface area contributed by atoms with Gasteiger partial charge in [0, 0.05) is 12.6 Å². The predicted octanol–water partition coefficient (Wildman–Crippen LogP) is 2.67. The second-order valence-electron chi connectivity index (χ2n) is 4.14. The fourth-order valence-electron chi connectivity index (χ4n) is 1.62. The molecule has 1 N–H and O–H groups in total. The van der Waals surface area contributed by atoms with E-state index in [1.807, 2.05) is 25.1 Å². The molecule has 2 rings (SSSR count). The van der Waals surface area contributed by atoms with Crippen LogP contribution in [-0.2, 0) is 13.2 Å². The third-order valence-corrected chi connectivity index (χ3v) is 2.57. The molecule has 4 heteroatoms. The van der Waals surface area contributed by atoms with Crippen molar-refractivity contribution in [3.05, 3.63) is 47.3 Å². The van der Waals surface area contributed by atoms with Gasteiger partial charge in [0.25, 0.3) is 0 Å². The lowest BCUT2D eigenvalue weighted by atomic mass is 10.2. The average molecular weight is 246 g/mol. The maximum absolute atomic E-state index is 5.62. The molecule has 1 aromatic carbocycles. The van der Waals surface area contributed by atoms with E-state index in [4.69, 9.17) is 9.26 Å². The monoisotopic (exact) mass is 246 g/mol. The molecule has 0 radical (unpaired) electrons. The van der Waals surface area contributed by atoms with Crippen molar-refractivity contribution in [3.63, 3.8) is 0 Å². The van der Waals surface area contributed by atoms with Crippen LogP contribution in [0.4, 0.5) is 0 Å². The summed E-state index contributed by atoms with van der Waals surface area (Å²) in [6.45, 7) is 6.26. The molecule has 1 heterocycles. The summed E-state index contributed by atoms with van der Waals surface area (Å²) < 4.78 is 10.6. The highest BCUT2D eigenvalue weighted by Crippen LogP contribution is 2.14. The van der Waals surface area contributed by atoms with Crippen molar-refractivity contribution in [3.8, 4) is 5.75 Å². The average Bonchev–Trinajstić information content (AvgIpc) is 2.81. The number of rotatable bonds is 6. The molecule has 4 nitrogen and oxygen atoms in total. The molecule has 18 heavy (non-hydrogen) atoms. The van der Waals surface area contributed by atoms with Crippen LogP contribution in [0.2, 0.25) is 0 Å². The van der Waals surface area contributed by atoms with Gasteiger partial charge in [-0.25, -0.2) is 0 Å². The summed E-state index contributed by atoms with van der Waals surface area (Å²) in [6.07, 6.45) is 0. The molecule has 0 aliphatic heterocycles. The molecule has 96 valence electrons. The Bertz CT molecular complexity index is 477. The fraction of sp³-hybridized carbons (Fsp3) is 0.357. The highest BCUT2D eigenvalue weighted by atomic mass is 16.5. The maximum atomic E-state index is 5.62. The molecule has 0 aliphatic carbocycles. The first kappa shape index (κ1) is 12.6. The van der Waals surface area contributed by atoms with Crippen molar-refractivity contribution in [2.24, 2.45) is 0 Å². The Morgan fingerprint density at radius 1 is 1.28 bits per heavy atom. The summed E-state index contributed by atoms with van der Waals surface area (Å²) in [4.78, 5) is 0. The summed E-state index contributed by atoms with van der Waals surface area (Å²) in [5.74, 6) is 1.64. The first-order valence-corrected chi connectivity index (χ1v) is 6.12. The second kappa shape index (κ2) is 6.21. The number of aromatic nitrogens is 1. The highest BCUT2D eigenvalue weighted by Gasteiger charge is 2.01. The van der Waals surface area contributed by atoms with Crippen LogP contribution in [0.25, 0.3) is 0 Å². The Morgan fingerprint density at radius 3 is 2.67 bits per heavy atom. The molecule has 2 aromatic rings. The zero-order valence-electron chi connectivity index (χ0n) is 10.8. The summed E-state index contributed by atoms with van der Waals surface area (Å²) in [6, 6.07) is 9.94. The Hall–Kier alpha value is -1.81. The van der Waals surface area contributed by atoms with Crippen LogP contribution < -0.4 is 10.1 Å². The zero-order valence-corrected chi connectivity index (χ0v) is 10.8. The molecule has 0 unspecified atom stereocenters. The lowest BCUT2D eigenvalue weighted by Crippen LogP contribution is -2.11. The summed E-state index contributed by atoms with van der Waals surface area (Å²) in [5.41, 5.74) is 2.06. The van der Waals surface area contributed by atoms with Gasteiger partial charge in [-0.2, -0.15) is 0 Å². The molecule has 0 amide bonds. The van der Waals surface area contributed by atoms with Gasteiger partial charge in [-0.3, -0.25) is 0 Å². The summed E-state index contributed by atoms with van der Waals surface area (Å²) in [5, 5.41) is 7.16. The predicted molar refractivity (Wildman–Crippen MR) is 69.4 cm³/mol. The van der Waals surface area contributed by atoms with Crippen LogP contribution in [0, 0.1) is 6.92 Å². The van der Waals surface area contributed by atoms with Crippen molar-refractivity contribution in [1.82, 2.24) is 10.5 Å². The van der Waals surface area contributed by atoms with E-state index >= 15 is 0 Å². The minimum absolute atomic E-state index is 0.434. The van der Waals surface area contributed by atoms with Gasteiger partial charge < -0.3 is 14.6 Å². The van der Waals surface area contributed by atoms with E-state index in [0.717, 1.165) is 30.3 Å². The maximum Gasteiger partial charge on any atom is 0.134 e. The molecule has 0 fully saturated rings. The largest absolute Gasteiger partial charge is 0.487 e. The normalized spacial score (nSPS) is 10.6. The van der Waals surface area contributed by atoms with E-state index in [-0.39, 0.29) is 0 Å². The fourth-order valence-corrected chi connectivity index (χ4v) is 1.62. The van der Waals surface area contributed by atoms with Crippen LogP contribution >= 0.6 is 0 Å². The Kier molecular flexibility index (Phi) is 4.36. The smallest absolute Gasteiger partial charge is 0.134 e. The third kappa shape index (κ3) is 3.60. The van der Waals surface area contributed by atoms with Crippen LogP contribution in [0.3, 0.4) is 0 Å². The van der Waals surface area contributed by atoms with Crippen molar-refractivity contribution < 1.29 is 9.26 Å². The van der Waals surface area contributed by atoms with Crippen molar-refractivity contribution in [2.75, 3.05) is 6.54 Å². The molecule has 0 bridgehead atoms. The topological polar surface area (TPSA) is 47.3 Å². The Labute approximate surface area is 107 Å². The lowest BCUT2D eigenvalue weighted by molar-refractivity contribution is 0.288. The van der Waals surface area contributed by atoms with Crippen LogP contribution in [0.5, 0.6) is 5.75 Å². The van der Waals surface area contributed by atoms with Gasteiger partial charge in [0.2, 0.25) is 0 Å². The number of hydrogen-bond donors (Lipinski definition) is 1. The molecule has 0 saturated heterocycles. The molecule has 0 saturated carbocycles.